The van der Waals surface area contributed by atoms with Crippen LogP contribution in [0.4, 0.5) is 4.39 Å². The number of fused-ring (bicyclic) bond motifs is 2. The molecule has 1 aromatic carbocycles. The summed E-state index contributed by atoms with van der Waals surface area (Å²) in [7, 11) is 0. The largest absolute Gasteiger partial charge is 0.462 e. The molecule has 1 aliphatic carbocycles. The summed E-state index contributed by atoms with van der Waals surface area (Å²) in [5, 5.41) is 0. The topological polar surface area (TPSA) is 73.6 Å². The van der Waals surface area contributed by atoms with Crippen LogP contribution in [0.3, 0.4) is 0 Å². The minimum atomic E-state index is -0.725. The van der Waals surface area contributed by atoms with Crippen molar-refractivity contribution in [3.05, 3.63) is 57.8 Å². The minimum absolute atomic E-state index is 0.0465. The molecule has 3 rings (SSSR count). The number of esters is 1. The molecule has 0 spiro atoms. The van der Waals surface area contributed by atoms with Crippen molar-refractivity contribution in [3.63, 3.8) is 0 Å². The van der Waals surface area contributed by atoms with Gasteiger partial charge in [0, 0.05) is 11.1 Å². The molecule has 22 heavy (non-hydrogen) atoms. The monoisotopic (exact) mass is 302 g/mol. The minimum Gasteiger partial charge on any atom is -0.462 e. The third-order valence-corrected chi connectivity index (χ3v) is 3.47. The van der Waals surface area contributed by atoms with Gasteiger partial charge in [-0.3, -0.25) is 9.59 Å². The van der Waals surface area contributed by atoms with Gasteiger partial charge < -0.3 is 9.15 Å². The SMILES string of the molecule is CCOC(=O)c1c(C)oc2c1C(=O)c1ccc(F)cc1C2=O. The number of ether oxygens (including phenoxy) is 1. The van der Waals surface area contributed by atoms with Crippen LogP contribution in [-0.4, -0.2) is 24.1 Å². The number of hydrogen-bond donors (Lipinski definition) is 0. The number of carbonyl (C=O) groups is 3. The predicted octanol–water partition coefficient (Wildman–Crippen LogP) is 2.68. The first-order chi connectivity index (χ1) is 10.5. The standard InChI is InChI=1S/C16H11FO5/c1-3-21-16(20)11-7(2)22-15-12(11)13(18)9-5-4-8(17)6-10(9)14(15)19/h4-6H,3H2,1-2H3. The second-order valence-electron chi connectivity index (χ2n) is 4.81. The number of hydrogen-bond acceptors (Lipinski definition) is 5. The Hall–Kier alpha value is -2.76. The van der Waals surface area contributed by atoms with Crippen LogP contribution in [0.5, 0.6) is 0 Å². The summed E-state index contributed by atoms with van der Waals surface area (Å²) < 4.78 is 23.5. The molecule has 0 amide bonds. The van der Waals surface area contributed by atoms with Gasteiger partial charge in [-0.1, -0.05) is 0 Å². The van der Waals surface area contributed by atoms with E-state index in [0.717, 1.165) is 12.1 Å². The zero-order valence-electron chi connectivity index (χ0n) is 11.9. The number of ketones is 2. The quantitative estimate of drug-likeness (QED) is 0.680. The van der Waals surface area contributed by atoms with Crippen molar-refractivity contribution in [2.45, 2.75) is 13.8 Å². The Morgan fingerprint density at radius 3 is 2.64 bits per heavy atom. The summed E-state index contributed by atoms with van der Waals surface area (Å²) in [6, 6.07) is 3.30. The Morgan fingerprint density at radius 1 is 1.23 bits per heavy atom. The van der Waals surface area contributed by atoms with Crippen molar-refractivity contribution < 1.29 is 27.9 Å². The molecule has 2 aromatic rings. The van der Waals surface area contributed by atoms with Gasteiger partial charge in [0.05, 0.1) is 12.2 Å². The van der Waals surface area contributed by atoms with Gasteiger partial charge in [0.25, 0.3) is 0 Å². The fourth-order valence-corrected chi connectivity index (χ4v) is 2.53. The van der Waals surface area contributed by atoms with E-state index in [1.54, 1.807) is 6.92 Å². The molecule has 0 saturated heterocycles. The van der Waals surface area contributed by atoms with Crippen LogP contribution in [0.25, 0.3) is 0 Å². The van der Waals surface area contributed by atoms with Crippen LogP contribution >= 0.6 is 0 Å². The summed E-state index contributed by atoms with van der Waals surface area (Å²) in [5.74, 6) is -2.65. The number of halogens is 1. The highest BCUT2D eigenvalue weighted by Crippen LogP contribution is 2.33. The molecule has 6 heteroatoms. The first kappa shape index (κ1) is 14.2. The Bertz CT molecular complexity index is 831. The molecule has 0 radical (unpaired) electrons. The highest BCUT2D eigenvalue weighted by atomic mass is 19.1. The highest BCUT2D eigenvalue weighted by Gasteiger charge is 2.39. The summed E-state index contributed by atoms with van der Waals surface area (Å²) in [5.41, 5.74) is -0.183. The Morgan fingerprint density at radius 2 is 1.95 bits per heavy atom. The van der Waals surface area contributed by atoms with Crippen molar-refractivity contribution >= 4 is 17.5 Å². The van der Waals surface area contributed by atoms with Gasteiger partial charge in [-0.2, -0.15) is 0 Å². The Labute approximate surface area is 124 Å². The number of carbonyl (C=O) groups excluding carboxylic acids is 3. The van der Waals surface area contributed by atoms with Crippen molar-refractivity contribution in [2.24, 2.45) is 0 Å². The normalized spacial score (nSPS) is 12.9. The number of furan rings is 1. The van der Waals surface area contributed by atoms with Crippen molar-refractivity contribution in [1.29, 1.82) is 0 Å². The third kappa shape index (κ3) is 1.88. The van der Waals surface area contributed by atoms with E-state index in [9.17, 15) is 18.8 Å². The van der Waals surface area contributed by atoms with E-state index in [2.05, 4.69) is 0 Å². The van der Waals surface area contributed by atoms with Gasteiger partial charge in [-0.25, -0.2) is 9.18 Å². The molecule has 0 bridgehead atoms. The van der Waals surface area contributed by atoms with E-state index in [1.165, 1.54) is 13.0 Å². The van der Waals surface area contributed by atoms with Crippen molar-refractivity contribution in [1.82, 2.24) is 0 Å². The van der Waals surface area contributed by atoms with Gasteiger partial charge in [0.15, 0.2) is 11.5 Å². The molecule has 0 atom stereocenters. The van der Waals surface area contributed by atoms with E-state index in [4.69, 9.17) is 9.15 Å². The van der Waals surface area contributed by atoms with Crippen molar-refractivity contribution in [2.75, 3.05) is 6.61 Å². The maximum Gasteiger partial charge on any atom is 0.342 e. The molecular formula is C16H11FO5. The van der Waals surface area contributed by atoms with Crippen molar-refractivity contribution in [3.8, 4) is 0 Å². The summed E-state index contributed by atoms with van der Waals surface area (Å²) >= 11 is 0. The van der Waals surface area contributed by atoms with E-state index >= 15 is 0 Å². The molecule has 1 heterocycles. The second kappa shape index (κ2) is 4.91. The van der Waals surface area contributed by atoms with Crippen LogP contribution in [0.15, 0.2) is 22.6 Å². The van der Waals surface area contributed by atoms with Crippen LogP contribution in [-0.2, 0) is 4.74 Å². The molecule has 0 N–H and O–H groups in total. The zero-order chi connectivity index (χ0) is 16.0. The lowest BCUT2D eigenvalue weighted by atomic mass is 9.86. The summed E-state index contributed by atoms with van der Waals surface area (Å²) in [4.78, 5) is 37.0. The fraction of sp³-hybridized carbons (Fsp3) is 0.188. The van der Waals surface area contributed by atoms with Gasteiger partial charge >= 0.3 is 5.97 Å². The Balaban J connectivity index is 2.24. The lowest BCUT2D eigenvalue weighted by Crippen LogP contribution is -2.22. The predicted molar refractivity (Wildman–Crippen MR) is 72.7 cm³/mol. The summed E-state index contributed by atoms with van der Waals surface area (Å²) in [6.45, 7) is 3.23. The lowest BCUT2D eigenvalue weighted by molar-refractivity contribution is 0.0521. The highest BCUT2D eigenvalue weighted by molar-refractivity contribution is 6.29. The molecule has 0 saturated carbocycles. The molecule has 0 aliphatic heterocycles. The van der Waals surface area contributed by atoms with E-state index in [0.29, 0.717) is 0 Å². The van der Waals surface area contributed by atoms with E-state index in [1.807, 2.05) is 0 Å². The molecule has 0 fully saturated rings. The third-order valence-electron chi connectivity index (χ3n) is 3.47. The lowest BCUT2D eigenvalue weighted by Gasteiger charge is -2.13. The first-order valence-electron chi connectivity index (χ1n) is 6.65. The number of aryl methyl sites for hydroxylation is 1. The van der Waals surface area contributed by atoms with E-state index in [-0.39, 0.29) is 40.4 Å². The van der Waals surface area contributed by atoms with Crippen LogP contribution < -0.4 is 0 Å². The smallest absolute Gasteiger partial charge is 0.342 e. The van der Waals surface area contributed by atoms with Gasteiger partial charge in [0.1, 0.15) is 17.1 Å². The first-order valence-corrected chi connectivity index (χ1v) is 6.65. The summed E-state index contributed by atoms with van der Waals surface area (Å²) in [6.07, 6.45) is 0. The maximum absolute atomic E-state index is 13.3. The van der Waals surface area contributed by atoms with E-state index < -0.39 is 23.4 Å². The Kier molecular flexibility index (Phi) is 3.16. The van der Waals surface area contributed by atoms with Crippen LogP contribution in [0.1, 0.15) is 55.1 Å². The molecular weight excluding hydrogens is 291 g/mol. The molecule has 0 unspecified atom stereocenters. The molecule has 1 aliphatic rings. The molecule has 112 valence electrons. The van der Waals surface area contributed by atoms with Gasteiger partial charge in [-0.15, -0.1) is 0 Å². The fourth-order valence-electron chi connectivity index (χ4n) is 2.53. The number of rotatable bonds is 2. The number of benzene rings is 1. The second-order valence-corrected chi connectivity index (χ2v) is 4.81. The maximum atomic E-state index is 13.3. The van der Waals surface area contributed by atoms with Crippen LogP contribution in [0.2, 0.25) is 0 Å². The average Bonchev–Trinajstić information content (AvgIpc) is 2.82. The average molecular weight is 302 g/mol. The van der Waals surface area contributed by atoms with Crippen LogP contribution in [0, 0.1) is 12.7 Å². The van der Waals surface area contributed by atoms with Gasteiger partial charge in [-0.05, 0) is 32.0 Å². The zero-order valence-corrected chi connectivity index (χ0v) is 11.9. The van der Waals surface area contributed by atoms with Gasteiger partial charge in [0.2, 0.25) is 5.78 Å². The molecule has 1 aromatic heterocycles. The molecule has 5 nitrogen and oxygen atoms in total.